The van der Waals surface area contributed by atoms with Gasteiger partial charge in [-0.25, -0.2) is 4.79 Å². The van der Waals surface area contributed by atoms with Crippen LogP contribution in [0.2, 0.25) is 0 Å². The highest BCUT2D eigenvalue weighted by Gasteiger charge is 2.13. The lowest BCUT2D eigenvalue weighted by atomic mass is 10.3. The molecule has 0 saturated heterocycles. The molecule has 1 rings (SSSR count). The number of carbonyl (C=O) groups is 1. The second kappa shape index (κ2) is 9.23. The zero-order chi connectivity index (χ0) is 14.8. The van der Waals surface area contributed by atoms with Crippen LogP contribution in [0.25, 0.3) is 0 Å². The maximum atomic E-state index is 12.0. The Balaban J connectivity index is 2.16. The van der Waals surface area contributed by atoms with Crippen LogP contribution >= 0.6 is 0 Å². The summed E-state index contributed by atoms with van der Waals surface area (Å²) in [6.45, 7) is 6.99. The number of urea groups is 1. The van der Waals surface area contributed by atoms with E-state index in [0.29, 0.717) is 6.61 Å². The first-order valence-electron chi connectivity index (χ1n) is 7.36. The first kappa shape index (κ1) is 16.3. The molecule has 0 spiro atoms. The molecular weight excluding hydrogens is 252 g/mol. The molecule has 0 bridgehead atoms. The van der Waals surface area contributed by atoms with Crippen LogP contribution in [0.4, 0.5) is 4.79 Å². The van der Waals surface area contributed by atoms with Crippen LogP contribution in [-0.4, -0.2) is 49.1 Å². The maximum absolute atomic E-state index is 12.0. The fourth-order valence-corrected chi connectivity index (χ4v) is 1.99. The number of para-hydroxylation sites is 1. The van der Waals surface area contributed by atoms with E-state index in [2.05, 4.69) is 0 Å². The molecule has 112 valence electrons. The van der Waals surface area contributed by atoms with E-state index in [1.54, 1.807) is 4.90 Å². The normalized spacial score (nSPS) is 10.2. The van der Waals surface area contributed by atoms with Crippen LogP contribution in [0, 0.1) is 0 Å². The van der Waals surface area contributed by atoms with Crippen molar-refractivity contribution in [2.75, 3.05) is 33.3 Å². The van der Waals surface area contributed by atoms with E-state index in [1.807, 2.05) is 56.1 Å². The maximum Gasteiger partial charge on any atom is 0.319 e. The van der Waals surface area contributed by atoms with Crippen LogP contribution in [0.5, 0.6) is 5.75 Å². The van der Waals surface area contributed by atoms with Gasteiger partial charge in [0.25, 0.3) is 0 Å². The molecule has 1 aromatic rings. The van der Waals surface area contributed by atoms with E-state index < -0.39 is 0 Å². The molecule has 0 fully saturated rings. The van der Waals surface area contributed by atoms with Gasteiger partial charge in [0.05, 0.1) is 6.61 Å². The van der Waals surface area contributed by atoms with Crippen molar-refractivity contribution in [3.05, 3.63) is 30.3 Å². The number of amides is 2. The molecular formula is C16H26N2O2. The summed E-state index contributed by atoms with van der Waals surface area (Å²) in [5.41, 5.74) is 0. The Morgan fingerprint density at radius 1 is 1.10 bits per heavy atom. The third kappa shape index (κ3) is 5.51. The van der Waals surface area contributed by atoms with Crippen molar-refractivity contribution in [2.45, 2.75) is 26.7 Å². The van der Waals surface area contributed by atoms with Gasteiger partial charge in [-0.1, -0.05) is 18.2 Å². The van der Waals surface area contributed by atoms with Gasteiger partial charge >= 0.3 is 6.03 Å². The zero-order valence-corrected chi connectivity index (χ0v) is 12.8. The number of benzene rings is 1. The largest absolute Gasteiger partial charge is 0.494 e. The number of ether oxygens (including phenoxy) is 1. The molecule has 4 heteroatoms. The number of carbonyl (C=O) groups excluding carboxylic acids is 1. The Labute approximate surface area is 122 Å². The van der Waals surface area contributed by atoms with E-state index in [4.69, 9.17) is 4.74 Å². The van der Waals surface area contributed by atoms with Crippen molar-refractivity contribution < 1.29 is 9.53 Å². The van der Waals surface area contributed by atoms with E-state index in [0.717, 1.165) is 38.2 Å². The molecule has 1 aromatic carbocycles. The standard InChI is InChI=1S/C16H26N2O2/c1-4-18(5-2)16(19)17(3)13-9-10-14-20-15-11-7-6-8-12-15/h6-8,11-12H,4-5,9-10,13-14H2,1-3H3. The summed E-state index contributed by atoms with van der Waals surface area (Å²) in [6, 6.07) is 9.92. The number of hydrogen-bond acceptors (Lipinski definition) is 2. The molecule has 20 heavy (non-hydrogen) atoms. The van der Waals surface area contributed by atoms with Gasteiger partial charge in [-0.2, -0.15) is 0 Å². The second-order valence-corrected chi connectivity index (χ2v) is 4.75. The monoisotopic (exact) mass is 278 g/mol. The van der Waals surface area contributed by atoms with E-state index in [9.17, 15) is 4.79 Å². The Bertz CT molecular complexity index is 377. The predicted octanol–water partition coefficient (Wildman–Crippen LogP) is 3.24. The van der Waals surface area contributed by atoms with Gasteiger partial charge in [0, 0.05) is 26.7 Å². The molecule has 0 unspecified atom stereocenters. The lowest BCUT2D eigenvalue weighted by Gasteiger charge is -2.26. The first-order chi connectivity index (χ1) is 9.69. The molecule has 0 heterocycles. The minimum Gasteiger partial charge on any atom is -0.494 e. The van der Waals surface area contributed by atoms with Crippen molar-refractivity contribution in [1.29, 1.82) is 0 Å². The highest BCUT2D eigenvalue weighted by Crippen LogP contribution is 2.09. The summed E-state index contributed by atoms with van der Waals surface area (Å²) in [5, 5.41) is 0. The summed E-state index contributed by atoms with van der Waals surface area (Å²) < 4.78 is 5.62. The average Bonchev–Trinajstić information content (AvgIpc) is 2.49. The van der Waals surface area contributed by atoms with Crippen molar-refractivity contribution in [3.63, 3.8) is 0 Å². The van der Waals surface area contributed by atoms with Crippen molar-refractivity contribution in [3.8, 4) is 5.75 Å². The van der Waals surface area contributed by atoms with E-state index in [-0.39, 0.29) is 6.03 Å². The van der Waals surface area contributed by atoms with Crippen LogP contribution in [-0.2, 0) is 0 Å². The fraction of sp³-hybridized carbons (Fsp3) is 0.562. The Hall–Kier alpha value is -1.71. The SMILES string of the molecule is CCN(CC)C(=O)N(C)CCCCOc1ccccc1. The van der Waals surface area contributed by atoms with Crippen LogP contribution in [0.3, 0.4) is 0 Å². The minimum absolute atomic E-state index is 0.110. The summed E-state index contributed by atoms with van der Waals surface area (Å²) >= 11 is 0. The van der Waals surface area contributed by atoms with Gasteiger partial charge in [0.1, 0.15) is 5.75 Å². The zero-order valence-electron chi connectivity index (χ0n) is 12.8. The Kier molecular flexibility index (Phi) is 7.55. The lowest BCUT2D eigenvalue weighted by Crippen LogP contribution is -2.41. The van der Waals surface area contributed by atoms with Crippen molar-refractivity contribution >= 4 is 6.03 Å². The number of rotatable bonds is 8. The summed E-state index contributed by atoms with van der Waals surface area (Å²) in [6.07, 6.45) is 1.90. The quantitative estimate of drug-likeness (QED) is 0.684. The molecule has 0 saturated carbocycles. The highest BCUT2D eigenvalue weighted by molar-refractivity contribution is 5.74. The summed E-state index contributed by atoms with van der Waals surface area (Å²) in [4.78, 5) is 15.6. The smallest absolute Gasteiger partial charge is 0.319 e. The lowest BCUT2D eigenvalue weighted by molar-refractivity contribution is 0.166. The van der Waals surface area contributed by atoms with Gasteiger partial charge in [-0.15, -0.1) is 0 Å². The minimum atomic E-state index is 0.110. The topological polar surface area (TPSA) is 32.8 Å². The molecule has 2 amide bonds. The molecule has 4 nitrogen and oxygen atoms in total. The molecule has 0 aliphatic heterocycles. The van der Waals surface area contributed by atoms with Gasteiger partial charge in [0.15, 0.2) is 0 Å². The van der Waals surface area contributed by atoms with Crippen molar-refractivity contribution in [2.24, 2.45) is 0 Å². The molecule has 0 radical (unpaired) electrons. The summed E-state index contributed by atoms with van der Waals surface area (Å²) in [5.74, 6) is 0.903. The fourth-order valence-electron chi connectivity index (χ4n) is 1.99. The molecule has 0 aliphatic carbocycles. The second-order valence-electron chi connectivity index (χ2n) is 4.75. The third-order valence-corrected chi connectivity index (χ3v) is 3.26. The van der Waals surface area contributed by atoms with Crippen LogP contribution in [0.1, 0.15) is 26.7 Å². The van der Waals surface area contributed by atoms with Crippen LogP contribution < -0.4 is 4.74 Å². The molecule has 0 aromatic heterocycles. The number of hydrogen-bond donors (Lipinski definition) is 0. The number of unbranched alkanes of at least 4 members (excludes halogenated alkanes) is 1. The summed E-state index contributed by atoms with van der Waals surface area (Å²) in [7, 11) is 1.86. The molecule has 0 N–H and O–H groups in total. The van der Waals surface area contributed by atoms with Crippen LogP contribution in [0.15, 0.2) is 30.3 Å². The Morgan fingerprint density at radius 2 is 1.75 bits per heavy atom. The van der Waals surface area contributed by atoms with Gasteiger partial charge in [-0.3, -0.25) is 0 Å². The van der Waals surface area contributed by atoms with E-state index in [1.165, 1.54) is 0 Å². The van der Waals surface area contributed by atoms with Crippen molar-refractivity contribution in [1.82, 2.24) is 9.80 Å². The Morgan fingerprint density at radius 3 is 2.35 bits per heavy atom. The highest BCUT2D eigenvalue weighted by atomic mass is 16.5. The number of nitrogens with zero attached hydrogens (tertiary/aromatic N) is 2. The van der Waals surface area contributed by atoms with E-state index >= 15 is 0 Å². The molecule has 0 aliphatic rings. The molecule has 0 atom stereocenters. The average molecular weight is 278 g/mol. The third-order valence-electron chi connectivity index (χ3n) is 3.26. The van der Waals surface area contributed by atoms with Gasteiger partial charge in [-0.05, 0) is 38.8 Å². The van der Waals surface area contributed by atoms with Gasteiger partial charge in [0.2, 0.25) is 0 Å². The van der Waals surface area contributed by atoms with Gasteiger partial charge < -0.3 is 14.5 Å². The first-order valence-corrected chi connectivity index (χ1v) is 7.36. The predicted molar refractivity (Wildman–Crippen MR) is 82.1 cm³/mol.